The van der Waals surface area contributed by atoms with Gasteiger partial charge in [-0.2, -0.15) is 0 Å². The molecule has 0 aliphatic rings. The molecule has 0 saturated heterocycles. The molecule has 0 bridgehead atoms. The van der Waals surface area contributed by atoms with Crippen LogP contribution in [0.1, 0.15) is 10.4 Å². The monoisotopic (exact) mass is 607 g/mol. The van der Waals surface area contributed by atoms with Gasteiger partial charge in [0.1, 0.15) is 23.7 Å². The molecule has 0 unspecified atom stereocenters. The number of hydrogen-bond donors (Lipinski definition) is 3. The van der Waals surface area contributed by atoms with Crippen LogP contribution in [0.25, 0.3) is 33.4 Å². The quantitative estimate of drug-likeness (QED) is 0.225. The first-order valence-electron chi connectivity index (χ1n) is 13.8. The Kier molecular flexibility index (Phi) is 8.62. The maximum absolute atomic E-state index is 13.6. The van der Waals surface area contributed by atoms with E-state index in [1.165, 1.54) is 53.2 Å². The van der Waals surface area contributed by atoms with Gasteiger partial charge in [0.15, 0.2) is 11.5 Å². The van der Waals surface area contributed by atoms with E-state index in [-0.39, 0.29) is 29.3 Å². The molecule has 0 saturated carbocycles. The summed E-state index contributed by atoms with van der Waals surface area (Å²) in [4.78, 5) is 45.0. The number of hydrogen-bond acceptors (Lipinski definition) is 7. The molecular weight excluding hydrogens is 577 g/mol. The van der Waals surface area contributed by atoms with Crippen molar-refractivity contribution in [2.24, 2.45) is 0 Å². The number of halogens is 1. The van der Waals surface area contributed by atoms with E-state index in [1.54, 1.807) is 62.8 Å². The molecule has 0 atom stereocenters. The van der Waals surface area contributed by atoms with E-state index in [2.05, 4.69) is 10.3 Å². The van der Waals surface area contributed by atoms with Crippen molar-refractivity contribution in [3.63, 3.8) is 0 Å². The molecule has 228 valence electrons. The molecule has 4 N–H and O–H groups in total. The highest BCUT2D eigenvalue weighted by Crippen LogP contribution is 2.34. The molecule has 5 rings (SSSR count). The number of phenolic OH excluding ortho intramolecular Hbond substituents is 1. The number of rotatable bonds is 8. The van der Waals surface area contributed by atoms with Crippen LogP contribution in [0, 0.1) is 5.82 Å². The molecular formula is C34H30FN5O5. The number of nitrogens with zero attached hydrogens (tertiary/aromatic N) is 3. The fraction of sp³-hybridized carbons (Fsp3) is 0.118. The first-order valence-corrected chi connectivity index (χ1v) is 13.8. The summed E-state index contributed by atoms with van der Waals surface area (Å²) in [6.45, 7) is -0.110. The van der Waals surface area contributed by atoms with Crippen LogP contribution in [-0.2, 0) is 11.3 Å². The Bertz CT molecular complexity index is 1950. The van der Waals surface area contributed by atoms with Crippen molar-refractivity contribution in [1.82, 2.24) is 14.5 Å². The number of likely N-dealkylation sites (N-methyl/N-ethyl adjacent to an activating group) is 1. The van der Waals surface area contributed by atoms with E-state index in [0.29, 0.717) is 33.9 Å². The standard InChI is InChI=1S/C34H30FN5O5/c1-39(2)31(42)19-40-17-27(21-4-9-24(35)10-5-21)32(43)28(18-40)34(44)38-25-11-6-20(7-12-25)26-14-23(16-37-33(26)36)22-8-13-30(45-3)29(41)15-22/h4-18,41H,19H2,1-3H3,(H2,36,37)(H,38,44). The predicted octanol–water partition coefficient (Wildman–Crippen LogP) is 5.02. The summed E-state index contributed by atoms with van der Waals surface area (Å²) in [5.74, 6) is -0.754. The molecule has 3 aromatic carbocycles. The number of carbonyl (C=O) groups is 2. The number of amides is 2. The van der Waals surface area contributed by atoms with Crippen LogP contribution >= 0.6 is 0 Å². The Balaban J connectivity index is 1.43. The lowest BCUT2D eigenvalue weighted by atomic mass is 10.0. The largest absolute Gasteiger partial charge is 0.504 e. The third-order valence-electron chi connectivity index (χ3n) is 7.18. The van der Waals surface area contributed by atoms with Crippen LogP contribution < -0.4 is 21.2 Å². The van der Waals surface area contributed by atoms with Crippen molar-refractivity contribution in [1.29, 1.82) is 0 Å². The van der Waals surface area contributed by atoms with Gasteiger partial charge >= 0.3 is 0 Å². The fourth-order valence-corrected chi connectivity index (χ4v) is 4.68. The van der Waals surface area contributed by atoms with Gasteiger partial charge in [0, 0.05) is 55.1 Å². The van der Waals surface area contributed by atoms with Gasteiger partial charge in [0.25, 0.3) is 5.91 Å². The van der Waals surface area contributed by atoms with Gasteiger partial charge in [-0.1, -0.05) is 30.3 Å². The number of nitrogens with two attached hydrogens (primary N) is 1. The lowest BCUT2D eigenvalue weighted by Gasteiger charge is -2.15. The maximum atomic E-state index is 13.6. The van der Waals surface area contributed by atoms with E-state index in [9.17, 15) is 23.9 Å². The number of aromatic hydroxyl groups is 1. The molecule has 0 spiro atoms. The van der Waals surface area contributed by atoms with E-state index < -0.39 is 17.2 Å². The summed E-state index contributed by atoms with van der Waals surface area (Å²) in [6, 6.07) is 19.0. The summed E-state index contributed by atoms with van der Waals surface area (Å²) in [6.07, 6.45) is 4.41. The van der Waals surface area contributed by atoms with E-state index in [4.69, 9.17) is 10.5 Å². The summed E-state index contributed by atoms with van der Waals surface area (Å²) in [5, 5.41) is 12.9. The number of anilines is 2. The minimum Gasteiger partial charge on any atom is -0.504 e. The Morgan fingerprint density at radius 3 is 2.22 bits per heavy atom. The fourth-order valence-electron chi connectivity index (χ4n) is 4.68. The second kappa shape index (κ2) is 12.7. The topological polar surface area (TPSA) is 140 Å². The summed E-state index contributed by atoms with van der Waals surface area (Å²) in [5.41, 5.74) is 9.21. The zero-order valence-corrected chi connectivity index (χ0v) is 24.7. The highest BCUT2D eigenvalue weighted by molar-refractivity contribution is 6.04. The molecule has 0 radical (unpaired) electrons. The van der Waals surface area contributed by atoms with Crippen molar-refractivity contribution < 1.29 is 23.8 Å². The Labute approximate surface area is 258 Å². The van der Waals surface area contributed by atoms with Crippen LogP contribution in [0.4, 0.5) is 15.9 Å². The van der Waals surface area contributed by atoms with Gasteiger partial charge in [-0.25, -0.2) is 9.37 Å². The number of methoxy groups -OCH3 is 1. The average Bonchev–Trinajstić information content (AvgIpc) is 3.02. The van der Waals surface area contributed by atoms with Gasteiger partial charge in [-0.15, -0.1) is 0 Å². The molecule has 45 heavy (non-hydrogen) atoms. The van der Waals surface area contributed by atoms with Crippen molar-refractivity contribution >= 4 is 23.3 Å². The zero-order valence-electron chi connectivity index (χ0n) is 24.7. The van der Waals surface area contributed by atoms with Gasteiger partial charge in [-0.3, -0.25) is 14.4 Å². The van der Waals surface area contributed by atoms with Crippen LogP contribution in [-0.4, -0.2) is 52.6 Å². The molecule has 2 heterocycles. The second-order valence-corrected chi connectivity index (χ2v) is 10.5. The molecule has 10 nitrogen and oxygen atoms in total. The summed E-state index contributed by atoms with van der Waals surface area (Å²) in [7, 11) is 4.68. The lowest BCUT2D eigenvalue weighted by molar-refractivity contribution is -0.129. The predicted molar refractivity (Wildman–Crippen MR) is 170 cm³/mol. The van der Waals surface area contributed by atoms with E-state index in [1.807, 2.05) is 6.07 Å². The molecule has 2 aromatic heterocycles. The molecule has 5 aromatic rings. The highest BCUT2D eigenvalue weighted by Gasteiger charge is 2.18. The lowest BCUT2D eigenvalue weighted by Crippen LogP contribution is -2.29. The number of phenols is 1. The number of nitrogen functional groups attached to an aromatic ring is 1. The third kappa shape index (κ3) is 6.67. The Morgan fingerprint density at radius 2 is 1.58 bits per heavy atom. The average molecular weight is 608 g/mol. The van der Waals surface area contributed by atoms with Gasteiger partial charge in [0.05, 0.1) is 7.11 Å². The van der Waals surface area contributed by atoms with E-state index in [0.717, 1.165) is 11.1 Å². The van der Waals surface area contributed by atoms with Crippen molar-refractivity contribution in [2.45, 2.75) is 6.54 Å². The maximum Gasteiger partial charge on any atom is 0.261 e. The minimum absolute atomic E-state index is 0.00673. The number of nitrogens with one attached hydrogen (secondary N) is 1. The SMILES string of the molecule is COc1ccc(-c2cnc(N)c(-c3ccc(NC(=O)c4cn(CC(=O)N(C)C)cc(-c5ccc(F)cc5)c4=O)cc3)c2)cc1O. The normalized spacial score (nSPS) is 10.8. The Hall–Kier alpha value is -5.97. The smallest absolute Gasteiger partial charge is 0.261 e. The molecule has 11 heteroatoms. The number of ether oxygens (including phenoxy) is 1. The van der Waals surface area contributed by atoms with Crippen LogP contribution in [0.2, 0.25) is 0 Å². The summed E-state index contributed by atoms with van der Waals surface area (Å²) >= 11 is 0. The number of carbonyl (C=O) groups excluding carboxylic acids is 2. The molecule has 0 aliphatic carbocycles. The number of pyridine rings is 2. The first kappa shape index (κ1) is 30.5. The van der Waals surface area contributed by atoms with Crippen molar-refractivity contribution in [3.8, 4) is 44.9 Å². The first-order chi connectivity index (χ1) is 21.5. The number of benzene rings is 3. The van der Waals surface area contributed by atoms with Crippen LogP contribution in [0.3, 0.4) is 0 Å². The van der Waals surface area contributed by atoms with Crippen molar-refractivity contribution in [3.05, 3.63) is 113 Å². The third-order valence-corrected chi connectivity index (χ3v) is 7.18. The second-order valence-electron chi connectivity index (χ2n) is 10.5. The van der Waals surface area contributed by atoms with Gasteiger partial charge in [-0.05, 0) is 59.2 Å². The molecule has 2 amide bonds. The van der Waals surface area contributed by atoms with E-state index >= 15 is 0 Å². The highest BCUT2D eigenvalue weighted by atomic mass is 19.1. The molecule has 0 fully saturated rings. The number of aromatic nitrogens is 2. The van der Waals surface area contributed by atoms with Gasteiger partial charge < -0.3 is 30.4 Å². The van der Waals surface area contributed by atoms with Crippen LogP contribution in [0.5, 0.6) is 11.5 Å². The van der Waals surface area contributed by atoms with Gasteiger partial charge in [0.2, 0.25) is 11.3 Å². The summed E-state index contributed by atoms with van der Waals surface area (Å²) < 4.78 is 20.2. The molecule has 0 aliphatic heterocycles. The van der Waals surface area contributed by atoms with Crippen molar-refractivity contribution in [2.75, 3.05) is 32.3 Å². The Morgan fingerprint density at radius 1 is 0.933 bits per heavy atom. The van der Waals surface area contributed by atoms with Crippen LogP contribution in [0.15, 0.2) is 96.2 Å². The minimum atomic E-state index is -0.676. The zero-order chi connectivity index (χ0) is 32.2.